The van der Waals surface area contributed by atoms with E-state index in [-0.39, 0.29) is 12.0 Å². The van der Waals surface area contributed by atoms with Gasteiger partial charge >= 0.3 is 5.97 Å². The first-order chi connectivity index (χ1) is 6.63. The molecule has 1 rings (SSSR count). The first kappa shape index (κ1) is 10.5. The number of hydrogen-bond donors (Lipinski definition) is 1. The summed E-state index contributed by atoms with van der Waals surface area (Å²) in [5.41, 5.74) is 1.10. The van der Waals surface area contributed by atoms with Crippen molar-refractivity contribution in [1.82, 2.24) is 4.98 Å². The van der Waals surface area contributed by atoms with Crippen molar-refractivity contribution in [3.63, 3.8) is 0 Å². The molecule has 0 unspecified atom stereocenters. The molecule has 1 atom stereocenters. The SMILES string of the molecule is COC(=O)[C@H](C)Nc1cc(C)ccn1. The Kier molecular flexibility index (Phi) is 3.45. The Bertz CT molecular complexity index is 326. The molecule has 0 saturated carbocycles. The van der Waals surface area contributed by atoms with E-state index in [1.807, 2.05) is 19.1 Å². The van der Waals surface area contributed by atoms with Gasteiger partial charge in [0.1, 0.15) is 11.9 Å². The van der Waals surface area contributed by atoms with E-state index in [0.717, 1.165) is 5.56 Å². The molecule has 0 aromatic carbocycles. The van der Waals surface area contributed by atoms with Crippen molar-refractivity contribution < 1.29 is 9.53 Å². The number of pyridine rings is 1. The molecule has 0 aliphatic carbocycles. The normalized spacial score (nSPS) is 11.9. The number of rotatable bonds is 3. The number of hydrogen-bond acceptors (Lipinski definition) is 4. The highest BCUT2D eigenvalue weighted by molar-refractivity contribution is 5.78. The van der Waals surface area contributed by atoms with Crippen LogP contribution in [-0.4, -0.2) is 24.1 Å². The molecule has 0 aliphatic rings. The summed E-state index contributed by atoms with van der Waals surface area (Å²) in [6.07, 6.45) is 1.70. The third-order valence-electron chi connectivity index (χ3n) is 1.83. The molecule has 4 heteroatoms. The number of anilines is 1. The van der Waals surface area contributed by atoms with Gasteiger partial charge in [-0.1, -0.05) is 0 Å². The molecule has 1 heterocycles. The van der Waals surface area contributed by atoms with Crippen LogP contribution < -0.4 is 5.32 Å². The minimum atomic E-state index is -0.380. The summed E-state index contributed by atoms with van der Waals surface area (Å²) < 4.78 is 4.59. The Morgan fingerprint density at radius 2 is 2.36 bits per heavy atom. The van der Waals surface area contributed by atoms with Crippen LogP contribution in [0.4, 0.5) is 5.82 Å². The second kappa shape index (κ2) is 4.60. The monoisotopic (exact) mass is 194 g/mol. The van der Waals surface area contributed by atoms with E-state index in [1.54, 1.807) is 13.1 Å². The van der Waals surface area contributed by atoms with E-state index < -0.39 is 0 Å². The standard InChI is InChI=1S/C10H14N2O2/c1-7-4-5-11-9(6-7)12-8(2)10(13)14-3/h4-6,8H,1-3H3,(H,11,12)/t8-/m0/s1. The highest BCUT2D eigenvalue weighted by Crippen LogP contribution is 2.07. The van der Waals surface area contributed by atoms with E-state index in [2.05, 4.69) is 15.0 Å². The molecule has 0 amide bonds. The zero-order valence-corrected chi connectivity index (χ0v) is 8.57. The van der Waals surface area contributed by atoms with Gasteiger partial charge in [0.05, 0.1) is 7.11 Å². The molecule has 0 aliphatic heterocycles. The molecular formula is C10H14N2O2. The predicted molar refractivity (Wildman–Crippen MR) is 54.1 cm³/mol. The van der Waals surface area contributed by atoms with Gasteiger partial charge in [0.15, 0.2) is 0 Å². The fourth-order valence-electron chi connectivity index (χ4n) is 1.07. The molecule has 1 aromatic heterocycles. The maximum absolute atomic E-state index is 11.1. The Morgan fingerprint density at radius 3 is 2.93 bits per heavy atom. The topological polar surface area (TPSA) is 51.2 Å². The van der Waals surface area contributed by atoms with Gasteiger partial charge in [0, 0.05) is 6.20 Å². The van der Waals surface area contributed by atoms with Gasteiger partial charge in [-0.2, -0.15) is 0 Å². The van der Waals surface area contributed by atoms with Gasteiger partial charge in [-0.15, -0.1) is 0 Å². The van der Waals surface area contributed by atoms with Crippen molar-refractivity contribution in [1.29, 1.82) is 0 Å². The second-order valence-corrected chi connectivity index (χ2v) is 3.11. The zero-order valence-electron chi connectivity index (χ0n) is 8.57. The molecule has 14 heavy (non-hydrogen) atoms. The van der Waals surface area contributed by atoms with E-state index in [9.17, 15) is 4.79 Å². The maximum atomic E-state index is 11.1. The van der Waals surface area contributed by atoms with Crippen LogP contribution in [0.25, 0.3) is 0 Å². The fourth-order valence-corrected chi connectivity index (χ4v) is 1.07. The number of carbonyl (C=O) groups is 1. The average molecular weight is 194 g/mol. The largest absolute Gasteiger partial charge is 0.467 e. The lowest BCUT2D eigenvalue weighted by Gasteiger charge is -2.11. The summed E-state index contributed by atoms with van der Waals surface area (Å²) >= 11 is 0. The van der Waals surface area contributed by atoms with Crippen LogP contribution in [0.2, 0.25) is 0 Å². The van der Waals surface area contributed by atoms with Gasteiger partial charge in [0.2, 0.25) is 0 Å². The number of methoxy groups -OCH3 is 1. The molecule has 1 N–H and O–H groups in total. The van der Waals surface area contributed by atoms with Crippen molar-refractivity contribution >= 4 is 11.8 Å². The summed E-state index contributed by atoms with van der Waals surface area (Å²) in [6.45, 7) is 3.70. The summed E-state index contributed by atoms with van der Waals surface area (Å²) in [7, 11) is 1.37. The van der Waals surface area contributed by atoms with Gasteiger partial charge in [-0.05, 0) is 31.5 Å². The number of esters is 1. The van der Waals surface area contributed by atoms with Gasteiger partial charge < -0.3 is 10.1 Å². The Morgan fingerprint density at radius 1 is 1.64 bits per heavy atom. The van der Waals surface area contributed by atoms with Crippen LogP contribution in [0, 0.1) is 6.92 Å². The number of ether oxygens (including phenoxy) is 1. The van der Waals surface area contributed by atoms with Crippen molar-refractivity contribution in [3.8, 4) is 0 Å². The number of nitrogens with zero attached hydrogens (tertiary/aromatic N) is 1. The number of nitrogens with one attached hydrogen (secondary N) is 1. The average Bonchev–Trinajstić information content (AvgIpc) is 2.16. The third kappa shape index (κ3) is 2.73. The highest BCUT2D eigenvalue weighted by Gasteiger charge is 2.12. The Hall–Kier alpha value is -1.58. The first-order valence-electron chi connectivity index (χ1n) is 4.40. The molecule has 0 radical (unpaired) electrons. The second-order valence-electron chi connectivity index (χ2n) is 3.11. The summed E-state index contributed by atoms with van der Waals surface area (Å²) in [4.78, 5) is 15.2. The first-order valence-corrected chi connectivity index (χ1v) is 4.40. The maximum Gasteiger partial charge on any atom is 0.328 e. The third-order valence-corrected chi connectivity index (χ3v) is 1.83. The van der Waals surface area contributed by atoms with Crippen LogP contribution in [0.1, 0.15) is 12.5 Å². The van der Waals surface area contributed by atoms with Crippen LogP contribution in [0.3, 0.4) is 0 Å². The van der Waals surface area contributed by atoms with E-state index >= 15 is 0 Å². The van der Waals surface area contributed by atoms with Crippen LogP contribution in [0.15, 0.2) is 18.3 Å². The highest BCUT2D eigenvalue weighted by atomic mass is 16.5. The van der Waals surface area contributed by atoms with E-state index in [0.29, 0.717) is 5.82 Å². The molecule has 0 saturated heterocycles. The van der Waals surface area contributed by atoms with E-state index in [4.69, 9.17) is 0 Å². The number of aromatic nitrogens is 1. The lowest BCUT2D eigenvalue weighted by atomic mass is 10.3. The number of aryl methyl sites for hydroxylation is 1. The summed E-state index contributed by atoms with van der Waals surface area (Å²) in [5.74, 6) is 0.385. The molecule has 76 valence electrons. The van der Waals surface area contributed by atoms with Crippen LogP contribution >= 0.6 is 0 Å². The molecule has 0 fully saturated rings. The smallest absolute Gasteiger partial charge is 0.328 e. The zero-order chi connectivity index (χ0) is 10.6. The van der Waals surface area contributed by atoms with Crippen molar-refractivity contribution in [2.45, 2.75) is 19.9 Å². The van der Waals surface area contributed by atoms with Crippen molar-refractivity contribution in [3.05, 3.63) is 23.9 Å². The molecule has 0 bridgehead atoms. The van der Waals surface area contributed by atoms with Crippen LogP contribution in [-0.2, 0) is 9.53 Å². The lowest BCUT2D eigenvalue weighted by Crippen LogP contribution is -2.27. The predicted octanol–water partition coefficient (Wildman–Crippen LogP) is 1.36. The lowest BCUT2D eigenvalue weighted by molar-refractivity contribution is -0.141. The van der Waals surface area contributed by atoms with Gasteiger partial charge in [0.25, 0.3) is 0 Å². The van der Waals surface area contributed by atoms with Crippen molar-refractivity contribution in [2.24, 2.45) is 0 Å². The molecule has 1 aromatic rings. The summed E-state index contributed by atoms with van der Waals surface area (Å²) in [5, 5.41) is 2.95. The quantitative estimate of drug-likeness (QED) is 0.738. The van der Waals surface area contributed by atoms with Gasteiger partial charge in [-0.25, -0.2) is 9.78 Å². The minimum absolute atomic E-state index is 0.298. The van der Waals surface area contributed by atoms with Crippen molar-refractivity contribution in [2.75, 3.05) is 12.4 Å². The van der Waals surface area contributed by atoms with Crippen LogP contribution in [0.5, 0.6) is 0 Å². The molecular weight excluding hydrogens is 180 g/mol. The number of carbonyl (C=O) groups excluding carboxylic acids is 1. The minimum Gasteiger partial charge on any atom is -0.467 e. The summed E-state index contributed by atoms with van der Waals surface area (Å²) in [6, 6.07) is 3.39. The molecule has 4 nitrogen and oxygen atoms in total. The molecule has 0 spiro atoms. The Labute approximate surface area is 83.3 Å². The van der Waals surface area contributed by atoms with E-state index in [1.165, 1.54) is 7.11 Å². The van der Waals surface area contributed by atoms with Gasteiger partial charge in [-0.3, -0.25) is 0 Å². The fraction of sp³-hybridized carbons (Fsp3) is 0.400. The Balaban J connectivity index is 2.64.